The molecule has 5 rings (SSSR count). The molecule has 0 aromatic heterocycles. The van der Waals surface area contributed by atoms with Gasteiger partial charge in [-0.3, -0.25) is 9.59 Å². The summed E-state index contributed by atoms with van der Waals surface area (Å²) in [6.07, 6.45) is 1.11. The number of carbonyl (C=O) groups is 2. The maximum Gasteiger partial charge on any atom is 0.253 e. The van der Waals surface area contributed by atoms with Crippen LogP contribution >= 0.6 is 11.6 Å². The van der Waals surface area contributed by atoms with Gasteiger partial charge in [-0.1, -0.05) is 23.7 Å². The van der Waals surface area contributed by atoms with Gasteiger partial charge in [-0.05, 0) is 73.5 Å². The van der Waals surface area contributed by atoms with Gasteiger partial charge in [-0.15, -0.1) is 0 Å². The lowest BCUT2D eigenvalue weighted by molar-refractivity contribution is -0.121. The van der Waals surface area contributed by atoms with Gasteiger partial charge in [-0.25, -0.2) is 8.42 Å². The van der Waals surface area contributed by atoms with Gasteiger partial charge in [0.05, 0.1) is 17.7 Å². The number of rotatable bonds is 7. The molecule has 0 bridgehead atoms. The van der Waals surface area contributed by atoms with E-state index in [4.69, 9.17) is 16.3 Å². The number of hydrogen-bond donors (Lipinski definition) is 1. The minimum Gasteiger partial charge on any atom is -0.495 e. The Morgan fingerprint density at radius 1 is 0.854 bits per heavy atom. The largest absolute Gasteiger partial charge is 0.495 e. The number of anilines is 2. The van der Waals surface area contributed by atoms with Gasteiger partial charge in [0.1, 0.15) is 5.75 Å². The van der Waals surface area contributed by atoms with Crippen LogP contribution in [0.5, 0.6) is 5.75 Å². The minimum absolute atomic E-state index is 0.0708. The van der Waals surface area contributed by atoms with Crippen LogP contribution < -0.4 is 15.0 Å². The van der Waals surface area contributed by atoms with Crippen LogP contribution in [0.2, 0.25) is 5.02 Å². The third-order valence-corrected chi connectivity index (χ3v) is 9.83. The lowest BCUT2D eigenvalue weighted by Crippen LogP contribution is -2.48. The fraction of sp³-hybridized carbons (Fsp3) is 0.333. The molecule has 9 nitrogen and oxygen atoms in total. The Balaban J connectivity index is 1.13. The van der Waals surface area contributed by atoms with Gasteiger partial charge in [0, 0.05) is 61.5 Å². The van der Waals surface area contributed by atoms with Crippen LogP contribution in [0.15, 0.2) is 77.7 Å². The maximum atomic E-state index is 13.3. The monoisotopic (exact) mass is 596 g/mol. The molecule has 0 radical (unpaired) electrons. The number of piperidine rings is 1. The standard InChI is InChI=1S/C30H33ClN4O5S/c1-40-28-5-3-2-4-27(28)33-18-20-35(21-19-33)41(38,39)26-12-10-25(11-13-26)32-29(36)22-14-16-34(17-15-22)30(37)23-6-8-24(31)9-7-23/h2-13,22H,14-21H2,1H3,(H,32,36). The Morgan fingerprint density at radius 3 is 2.12 bits per heavy atom. The number of likely N-dealkylation sites (tertiary alicyclic amines) is 1. The molecule has 0 atom stereocenters. The van der Waals surface area contributed by atoms with E-state index in [0.29, 0.717) is 68.4 Å². The zero-order valence-corrected chi connectivity index (χ0v) is 24.4. The van der Waals surface area contributed by atoms with Crippen molar-refractivity contribution in [2.45, 2.75) is 17.7 Å². The molecular formula is C30H33ClN4O5S. The van der Waals surface area contributed by atoms with E-state index in [-0.39, 0.29) is 22.6 Å². The molecule has 3 aromatic rings. The van der Waals surface area contributed by atoms with E-state index < -0.39 is 10.0 Å². The molecule has 2 saturated heterocycles. The second-order valence-corrected chi connectivity index (χ2v) is 12.5. The topological polar surface area (TPSA) is 99.3 Å². The fourth-order valence-corrected chi connectivity index (χ4v) is 6.83. The Kier molecular flexibility index (Phi) is 8.82. The number of methoxy groups -OCH3 is 1. The highest BCUT2D eigenvalue weighted by atomic mass is 35.5. The molecule has 41 heavy (non-hydrogen) atoms. The minimum atomic E-state index is -3.67. The molecule has 2 amide bonds. The van der Waals surface area contributed by atoms with Gasteiger partial charge in [0.25, 0.3) is 5.91 Å². The summed E-state index contributed by atoms with van der Waals surface area (Å²) in [6.45, 7) is 2.80. The third-order valence-electron chi connectivity index (χ3n) is 7.67. The molecule has 0 saturated carbocycles. The van der Waals surface area contributed by atoms with Crippen molar-refractivity contribution in [2.75, 3.05) is 56.6 Å². The van der Waals surface area contributed by atoms with Crippen LogP contribution in [0.1, 0.15) is 23.2 Å². The first kappa shape index (κ1) is 28.9. The zero-order chi connectivity index (χ0) is 29.0. The SMILES string of the molecule is COc1ccccc1N1CCN(S(=O)(=O)c2ccc(NC(=O)C3CCN(C(=O)c4ccc(Cl)cc4)CC3)cc2)CC1. The quantitative estimate of drug-likeness (QED) is 0.435. The van der Waals surface area contributed by atoms with Crippen molar-refractivity contribution in [2.24, 2.45) is 5.92 Å². The summed E-state index contributed by atoms with van der Waals surface area (Å²) in [7, 11) is -2.05. The van der Waals surface area contributed by atoms with Crippen molar-refractivity contribution in [3.63, 3.8) is 0 Å². The Hall–Kier alpha value is -3.60. The molecule has 3 aromatic carbocycles. The van der Waals surface area contributed by atoms with Gasteiger partial charge < -0.3 is 19.9 Å². The van der Waals surface area contributed by atoms with E-state index in [1.807, 2.05) is 24.3 Å². The first-order chi connectivity index (χ1) is 19.8. The van der Waals surface area contributed by atoms with E-state index in [2.05, 4.69) is 10.2 Å². The highest BCUT2D eigenvalue weighted by Gasteiger charge is 2.30. The predicted molar refractivity (Wildman–Crippen MR) is 159 cm³/mol. The molecule has 0 unspecified atom stereocenters. The van der Waals surface area contributed by atoms with Crippen LogP contribution in [0.25, 0.3) is 0 Å². The average molecular weight is 597 g/mol. The molecular weight excluding hydrogens is 564 g/mol. The van der Waals surface area contributed by atoms with E-state index in [1.165, 1.54) is 16.4 Å². The predicted octanol–water partition coefficient (Wildman–Crippen LogP) is 4.35. The van der Waals surface area contributed by atoms with Crippen molar-refractivity contribution in [3.8, 4) is 5.75 Å². The first-order valence-electron chi connectivity index (χ1n) is 13.6. The number of ether oxygens (including phenoxy) is 1. The number of hydrogen-bond acceptors (Lipinski definition) is 6. The molecule has 216 valence electrons. The lowest BCUT2D eigenvalue weighted by Gasteiger charge is -2.36. The Bertz CT molecular complexity index is 1480. The van der Waals surface area contributed by atoms with Gasteiger partial charge in [0.2, 0.25) is 15.9 Å². The number of nitrogens with zero attached hydrogens (tertiary/aromatic N) is 3. The number of carbonyl (C=O) groups excluding carboxylic acids is 2. The maximum absolute atomic E-state index is 13.3. The van der Waals surface area contributed by atoms with Crippen LogP contribution in [0.4, 0.5) is 11.4 Å². The van der Waals surface area contributed by atoms with E-state index >= 15 is 0 Å². The summed E-state index contributed by atoms with van der Waals surface area (Å²) in [5.41, 5.74) is 2.06. The van der Waals surface area contributed by atoms with E-state index in [0.717, 1.165) is 11.4 Å². The molecule has 2 heterocycles. The van der Waals surface area contributed by atoms with Crippen molar-refractivity contribution in [3.05, 3.63) is 83.4 Å². The molecule has 2 fully saturated rings. The number of halogens is 1. The molecule has 0 aliphatic carbocycles. The number of sulfonamides is 1. The van der Waals surface area contributed by atoms with Crippen LogP contribution in [-0.4, -0.2) is 75.8 Å². The molecule has 11 heteroatoms. The highest BCUT2D eigenvalue weighted by Crippen LogP contribution is 2.30. The average Bonchev–Trinajstić information content (AvgIpc) is 3.01. The van der Waals surface area contributed by atoms with Crippen LogP contribution in [-0.2, 0) is 14.8 Å². The first-order valence-corrected chi connectivity index (χ1v) is 15.4. The summed E-state index contributed by atoms with van der Waals surface area (Å²) in [5, 5.41) is 3.48. The van der Waals surface area contributed by atoms with Gasteiger partial charge in [-0.2, -0.15) is 4.31 Å². The molecule has 0 spiro atoms. The molecule has 1 N–H and O–H groups in total. The Labute approximate surface area is 245 Å². The molecule has 2 aliphatic heterocycles. The smallest absolute Gasteiger partial charge is 0.253 e. The number of nitrogens with one attached hydrogen (secondary N) is 1. The summed E-state index contributed by atoms with van der Waals surface area (Å²) in [6, 6.07) is 20.8. The van der Waals surface area contributed by atoms with Crippen molar-refractivity contribution in [1.29, 1.82) is 0 Å². The molecule has 2 aliphatic rings. The zero-order valence-electron chi connectivity index (χ0n) is 22.8. The normalized spacial score (nSPS) is 16.8. The van der Waals surface area contributed by atoms with Crippen molar-refractivity contribution in [1.82, 2.24) is 9.21 Å². The number of amides is 2. The van der Waals surface area contributed by atoms with Crippen molar-refractivity contribution < 1.29 is 22.7 Å². The summed E-state index contributed by atoms with van der Waals surface area (Å²) >= 11 is 5.92. The van der Waals surface area contributed by atoms with Gasteiger partial charge in [0.15, 0.2) is 0 Å². The summed E-state index contributed by atoms with van der Waals surface area (Å²) in [4.78, 5) is 29.7. The number of para-hydroxylation sites is 2. The summed E-state index contributed by atoms with van der Waals surface area (Å²) in [5.74, 6) is 0.329. The lowest BCUT2D eigenvalue weighted by atomic mass is 9.95. The van der Waals surface area contributed by atoms with E-state index in [1.54, 1.807) is 48.4 Å². The summed E-state index contributed by atoms with van der Waals surface area (Å²) < 4.78 is 33.5. The Morgan fingerprint density at radius 2 is 1.49 bits per heavy atom. The fourth-order valence-electron chi connectivity index (χ4n) is 5.28. The second-order valence-electron chi connectivity index (χ2n) is 10.1. The number of piperazine rings is 1. The number of benzene rings is 3. The van der Waals surface area contributed by atoms with Crippen LogP contribution in [0.3, 0.4) is 0 Å². The van der Waals surface area contributed by atoms with Gasteiger partial charge >= 0.3 is 0 Å². The van der Waals surface area contributed by atoms with Crippen LogP contribution in [0, 0.1) is 5.92 Å². The second kappa shape index (κ2) is 12.5. The highest BCUT2D eigenvalue weighted by molar-refractivity contribution is 7.89. The van der Waals surface area contributed by atoms with E-state index in [9.17, 15) is 18.0 Å². The van der Waals surface area contributed by atoms with Crippen molar-refractivity contribution >= 4 is 44.8 Å². The third kappa shape index (κ3) is 6.50.